The molecule has 128 valence electrons. The summed E-state index contributed by atoms with van der Waals surface area (Å²) in [5.74, 6) is 1.54. The Morgan fingerprint density at radius 1 is 1.17 bits per heavy atom. The van der Waals surface area contributed by atoms with E-state index in [1.54, 1.807) is 6.08 Å². The van der Waals surface area contributed by atoms with E-state index in [2.05, 4.69) is 6.92 Å². The molecule has 1 spiro atoms. The van der Waals surface area contributed by atoms with Crippen LogP contribution in [0.3, 0.4) is 0 Å². The molecule has 0 aromatic carbocycles. The molecule has 4 fully saturated rings. The first-order valence-electron chi connectivity index (χ1n) is 9.36. The van der Waals surface area contributed by atoms with Crippen molar-refractivity contribution in [3.63, 3.8) is 0 Å². The largest absolute Gasteiger partial charge is 0.380 e. The summed E-state index contributed by atoms with van der Waals surface area (Å²) in [6.45, 7) is 3.20. The number of fused-ring (bicyclic) bond motifs is 4. The topological polar surface area (TPSA) is 60.4 Å². The minimum Gasteiger partial charge on any atom is -0.380 e. The molecule has 4 nitrogen and oxygen atoms in total. The van der Waals surface area contributed by atoms with Crippen LogP contribution in [-0.2, 0) is 19.1 Å². The van der Waals surface area contributed by atoms with Gasteiger partial charge in [-0.25, -0.2) is 0 Å². The summed E-state index contributed by atoms with van der Waals surface area (Å²) >= 11 is 0. The summed E-state index contributed by atoms with van der Waals surface area (Å²) in [6.07, 6.45) is 6.47. The van der Waals surface area contributed by atoms with Crippen molar-refractivity contribution < 1.29 is 19.1 Å². The number of carbonyl (C=O) groups is 3. The summed E-state index contributed by atoms with van der Waals surface area (Å²) in [5, 5.41) is 0. The van der Waals surface area contributed by atoms with Crippen LogP contribution in [-0.4, -0.2) is 30.6 Å². The molecule has 0 aromatic rings. The lowest BCUT2D eigenvalue weighted by atomic mass is 9.46. The maximum Gasteiger partial charge on any atom is 0.161 e. The fourth-order valence-corrected chi connectivity index (χ4v) is 6.88. The molecular formula is C20H24O4. The van der Waals surface area contributed by atoms with Gasteiger partial charge in [0.25, 0.3) is 0 Å². The van der Waals surface area contributed by atoms with Crippen LogP contribution < -0.4 is 0 Å². The number of carbonyl (C=O) groups excluding carboxylic acids is 3. The molecule has 1 saturated heterocycles. The molecule has 5 aliphatic rings. The zero-order valence-corrected chi connectivity index (χ0v) is 14.2. The standard InChI is InChI=1S/C20H24O4/c1-19-5-4-14-12(13(19)2-3-18(19)23)6-17(22)15-7-16(21)11-8-20(14,15)10-24-9-11/h7,11-14H,2-6,8-10H2,1H3. The van der Waals surface area contributed by atoms with E-state index in [1.165, 1.54) is 0 Å². The van der Waals surface area contributed by atoms with Gasteiger partial charge in [0.2, 0.25) is 0 Å². The highest BCUT2D eigenvalue weighted by atomic mass is 16.5. The maximum absolute atomic E-state index is 12.9. The lowest BCUT2D eigenvalue weighted by molar-refractivity contribution is -0.154. The highest BCUT2D eigenvalue weighted by Gasteiger charge is 2.63. The van der Waals surface area contributed by atoms with E-state index in [0.29, 0.717) is 43.7 Å². The highest BCUT2D eigenvalue weighted by Crippen LogP contribution is 2.64. The van der Waals surface area contributed by atoms with E-state index in [9.17, 15) is 14.4 Å². The number of Topliss-reactive ketones (excluding diaryl/α,β-unsaturated/α-hetero) is 2. The number of ketones is 3. The Morgan fingerprint density at radius 2 is 2.00 bits per heavy atom. The molecule has 0 amide bonds. The van der Waals surface area contributed by atoms with Crippen molar-refractivity contribution in [3.05, 3.63) is 11.6 Å². The molecule has 6 unspecified atom stereocenters. The van der Waals surface area contributed by atoms with Gasteiger partial charge >= 0.3 is 0 Å². The third-order valence-corrected chi connectivity index (χ3v) is 8.09. The number of ether oxygens (including phenoxy) is 1. The van der Waals surface area contributed by atoms with Gasteiger partial charge in [0, 0.05) is 35.2 Å². The minimum absolute atomic E-state index is 0.0730. The first-order chi connectivity index (χ1) is 11.5. The van der Waals surface area contributed by atoms with Crippen LogP contribution in [0.1, 0.15) is 45.4 Å². The van der Waals surface area contributed by atoms with Gasteiger partial charge in [-0.2, -0.15) is 0 Å². The Kier molecular flexibility index (Phi) is 2.91. The molecule has 2 bridgehead atoms. The van der Waals surface area contributed by atoms with Crippen molar-refractivity contribution in [1.82, 2.24) is 0 Å². The van der Waals surface area contributed by atoms with E-state index in [1.807, 2.05) is 0 Å². The number of hydrogen-bond acceptors (Lipinski definition) is 4. The van der Waals surface area contributed by atoms with Crippen molar-refractivity contribution in [2.45, 2.75) is 45.4 Å². The van der Waals surface area contributed by atoms with Crippen LogP contribution in [0, 0.1) is 34.5 Å². The average molecular weight is 328 g/mol. The third-order valence-electron chi connectivity index (χ3n) is 8.09. The van der Waals surface area contributed by atoms with E-state index in [0.717, 1.165) is 31.3 Å². The molecule has 1 heterocycles. The summed E-state index contributed by atoms with van der Waals surface area (Å²) in [7, 11) is 0. The predicted octanol–water partition coefficient (Wildman–Crippen LogP) is 2.50. The van der Waals surface area contributed by atoms with E-state index < -0.39 is 0 Å². The van der Waals surface area contributed by atoms with Crippen molar-refractivity contribution in [2.75, 3.05) is 13.2 Å². The number of rotatable bonds is 0. The minimum atomic E-state index is -0.260. The Labute approximate surface area is 142 Å². The first kappa shape index (κ1) is 15.0. The van der Waals surface area contributed by atoms with Gasteiger partial charge in [-0.3, -0.25) is 14.4 Å². The van der Waals surface area contributed by atoms with Crippen LogP contribution in [0.2, 0.25) is 0 Å². The van der Waals surface area contributed by atoms with Crippen LogP contribution in [0.25, 0.3) is 0 Å². The normalized spacial score (nSPS) is 50.0. The first-order valence-corrected chi connectivity index (χ1v) is 9.36. The zero-order chi connectivity index (χ0) is 16.7. The predicted molar refractivity (Wildman–Crippen MR) is 86.1 cm³/mol. The Balaban J connectivity index is 1.61. The molecule has 5 rings (SSSR count). The molecule has 1 aliphatic heterocycles. The van der Waals surface area contributed by atoms with E-state index in [4.69, 9.17) is 4.74 Å². The van der Waals surface area contributed by atoms with Crippen molar-refractivity contribution in [3.8, 4) is 0 Å². The summed E-state index contributed by atoms with van der Waals surface area (Å²) < 4.78 is 5.84. The quantitative estimate of drug-likeness (QED) is 0.685. The second-order valence-corrected chi connectivity index (χ2v) is 8.95. The smallest absolute Gasteiger partial charge is 0.161 e. The van der Waals surface area contributed by atoms with Gasteiger partial charge in [0.15, 0.2) is 11.6 Å². The van der Waals surface area contributed by atoms with Gasteiger partial charge in [-0.15, -0.1) is 0 Å². The van der Waals surface area contributed by atoms with Gasteiger partial charge in [-0.1, -0.05) is 6.92 Å². The Hall–Kier alpha value is -1.29. The fraction of sp³-hybridized carbons (Fsp3) is 0.750. The molecule has 4 heteroatoms. The van der Waals surface area contributed by atoms with Gasteiger partial charge < -0.3 is 4.74 Å². The van der Waals surface area contributed by atoms with Crippen LogP contribution in [0.5, 0.6) is 0 Å². The van der Waals surface area contributed by atoms with Crippen LogP contribution in [0.15, 0.2) is 11.6 Å². The summed E-state index contributed by atoms with van der Waals surface area (Å²) in [4.78, 5) is 37.7. The lowest BCUT2D eigenvalue weighted by Gasteiger charge is -2.59. The molecule has 0 N–H and O–H groups in total. The van der Waals surface area contributed by atoms with Crippen LogP contribution in [0.4, 0.5) is 0 Å². The Bertz CT molecular complexity index is 692. The van der Waals surface area contributed by atoms with Gasteiger partial charge in [0.1, 0.15) is 5.78 Å². The van der Waals surface area contributed by atoms with E-state index >= 15 is 0 Å². The molecule has 0 radical (unpaired) electrons. The van der Waals surface area contributed by atoms with Crippen molar-refractivity contribution >= 4 is 17.3 Å². The van der Waals surface area contributed by atoms with E-state index in [-0.39, 0.29) is 34.2 Å². The fourth-order valence-electron chi connectivity index (χ4n) is 6.88. The lowest BCUT2D eigenvalue weighted by Crippen LogP contribution is -2.58. The third kappa shape index (κ3) is 1.66. The molecule has 3 saturated carbocycles. The van der Waals surface area contributed by atoms with Gasteiger partial charge in [-0.05, 0) is 49.5 Å². The SMILES string of the molecule is CC12CCC3C(CC(=O)C4=CC(=O)C5COCC43C5)C1CCC2=O. The summed E-state index contributed by atoms with van der Waals surface area (Å²) in [6, 6.07) is 0. The summed E-state index contributed by atoms with van der Waals surface area (Å²) in [5.41, 5.74) is 0.264. The maximum atomic E-state index is 12.9. The van der Waals surface area contributed by atoms with Crippen LogP contribution >= 0.6 is 0 Å². The average Bonchev–Trinajstić information content (AvgIpc) is 2.86. The molecular weight excluding hydrogens is 304 g/mol. The highest BCUT2D eigenvalue weighted by molar-refractivity contribution is 6.07. The Morgan fingerprint density at radius 3 is 2.83 bits per heavy atom. The van der Waals surface area contributed by atoms with Crippen molar-refractivity contribution in [2.24, 2.45) is 34.5 Å². The van der Waals surface area contributed by atoms with Gasteiger partial charge in [0.05, 0.1) is 13.2 Å². The monoisotopic (exact) mass is 328 g/mol. The molecule has 24 heavy (non-hydrogen) atoms. The number of hydrogen-bond donors (Lipinski definition) is 0. The van der Waals surface area contributed by atoms with Crippen molar-refractivity contribution in [1.29, 1.82) is 0 Å². The second-order valence-electron chi connectivity index (χ2n) is 8.95. The molecule has 4 aliphatic carbocycles. The molecule has 0 aromatic heterocycles. The zero-order valence-electron chi connectivity index (χ0n) is 14.2. The molecule has 6 atom stereocenters. The second kappa shape index (κ2) is 4.66.